The molecule has 6 heteroatoms. The van der Waals surface area contributed by atoms with E-state index in [2.05, 4.69) is 15.5 Å². The summed E-state index contributed by atoms with van der Waals surface area (Å²) in [5.74, 6) is 0.0506. The molecule has 0 aliphatic carbocycles. The van der Waals surface area contributed by atoms with Crippen LogP contribution in [0.15, 0.2) is 22.7 Å². The second-order valence-corrected chi connectivity index (χ2v) is 3.31. The van der Waals surface area contributed by atoms with Gasteiger partial charge in [-0.2, -0.15) is 4.98 Å². The Morgan fingerprint density at radius 1 is 1.47 bits per heavy atom. The molecule has 0 amide bonds. The van der Waals surface area contributed by atoms with Gasteiger partial charge in [-0.1, -0.05) is 16.8 Å². The summed E-state index contributed by atoms with van der Waals surface area (Å²) >= 11 is 5.60. The van der Waals surface area contributed by atoms with E-state index >= 15 is 0 Å². The average Bonchev–Trinajstić information content (AvgIpc) is 2.58. The molecule has 1 N–H and O–H groups in total. The van der Waals surface area contributed by atoms with E-state index < -0.39 is 5.82 Å². The van der Waals surface area contributed by atoms with Crippen molar-refractivity contribution in [3.63, 3.8) is 0 Å². The van der Waals surface area contributed by atoms with Gasteiger partial charge in [0.15, 0.2) is 5.82 Å². The van der Waals surface area contributed by atoms with Crippen molar-refractivity contribution in [2.45, 2.75) is 6.92 Å². The zero-order valence-electron chi connectivity index (χ0n) is 7.79. The summed E-state index contributed by atoms with van der Waals surface area (Å²) in [6.07, 6.45) is 0. The Morgan fingerprint density at radius 2 is 2.27 bits per heavy atom. The third kappa shape index (κ3) is 2.24. The van der Waals surface area contributed by atoms with E-state index in [1.54, 1.807) is 6.92 Å². The first kappa shape index (κ1) is 9.92. The zero-order chi connectivity index (χ0) is 10.8. The van der Waals surface area contributed by atoms with Crippen molar-refractivity contribution in [1.82, 2.24) is 10.1 Å². The number of halogens is 2. The molecule has 1 aromatic heterocycles. The summed E-state index contributed by atoms with van der Waals surface area (Å²) in [5.41, 5.74) is 0.588. The summed E-state index contributed by atoms with van der Waals surface area (Å²) in [6.45, 7) is 1.70. The van der Waals surface area contributed by atoms with Crippen LogP contribution in [-0.2, 0) is 0 Å². The number of aryl methyl sites for hydroxylation is 1. The van der Waals surface area contributed by atoms with Crippen LogP contribution in [-0.4, -0.2) is 10.1 Å². The van der Waals surface area contributed by atoms with Crippen LogP contribution in [0.25, 0.3) is 0 Å². The average molecular weight is 228 g/mol. The summed E-state index contributed by atoms with van der Waals surface area (Å²) in [6, 6.07) is 4.47. The van der Waals surface area contributed by atoms with Crippen LogP contribution in [0.3, 0.4) is 0 Å². The molecule has 0 atom stereocenters. The summed E-state index contributed by atoms with van der Waals surface area (Å²) < 4.78 is 17.7. The van der Waals surface area contributed by atoms with E-state index in [1.165, 1.54) is 18.2 Å². The Hall–Kier alpha value is -1.62. The Bertz CT molecular complexity index is 486. The van der Waals surface area contributed by atoms with Crippen molar-refractivity contribution < 1.29 is 8.91 Å². The largest absolute Gasteiger partial charge is 0.325 e. The van der Waals surface area contributed by atoms with Crippen LogP contribution in [0.1, 0.15) is 5.82 Å². The van der Waals surface area contributed by atoms with Gasteiger partial charge in [0.25, 0.3) is 0 Å². The third-order valence-electron chi connectivity index (χ3n) is 1.70. The van der Waals surface area contributed by atoms with Gasteiger partial charge < -0.3 is 9.84 Å². The maximum absolute atomic E-state index is 12.8. The highest BCUT2D eigenvalue weighted by atomic mass is 35.5. The Labute approximate surface area is 90.1 Å². The molecule has 78 valence electrons. The molecule has 0 saturated heterocycles. The number of hydrogen-bond donors (Lipinski definition) is 1. The molecule has 1 aromatic carbocycles. The molecule has 0 aliphatic rings. The highest BCUT2D eigenvalue weighted by molar-refractivity contribution is 6.31. The molecule has 4 nitrogen and oxygen atoms in total. The fraction of sp³-hybridized carbons (Fsp3) is 0.111. The van der Waals surface area contributed by atoms with Gasteiger partial charge in [0, 0.05) is 5.69 Å². The second-order valence-electron chi connectivity index (χ2n) is 2.90. The van der Waals surface area contributed by atoms with E-state index in [9.17, 15) is 4.39 Å². The van der Waals surface area contributed by atoms with Gasteiger partial charge in [-0.3, -0.25) is 0 Å². The van der Waals surface area contributed by atoms with Crippen LogP contribution >= 0.6 is 11.6 Å². The van der Waals surface area contributed by atoms with Gasteiger partial charge in [0.2, 0.25) is 0 Å². The van der Waals surface area contributed by atoms with Gasteiger partial charge in [0.05, 0.1) is 5.02 Å². The maximum atomic E-state index is 12.8. The number of nitrogens with zero attached hydrogens (tertiary/aromatic N) is 2. The molecule has 2 aromatic rings. The summed E-state index contributed by atoms with van der Waals surface area (Å²) in [7, 11) is 0. The minimum atomic E-state index is -0.469. The highest BCUT2D eigenvalue weighted by Gasteiger charge is 2.04. The van der Waals surface area contributed by atoms with E-state index in [4.69, 9.17) is 16.1 Å². The molecule has 0 aliphatic heterocycles. The molecule has 0 fully saturated rings. The van der Waals surface area contributed by atoms with Crippen LogP contribution in [0, 0.1) is 12.7 Å². The molecule has 15 heavy (non-hydrogen) atoms. The van der Waals surface area contributed by atoms with Crippen molar-refractivity contribution in [1.29, 1.82) is 0 Å². The fourth-order valence-electron chi connectivity index (χ4n) is 1.05. The summed E-state index contributed by atoms with van der Waals surface area (Å²) in [4.78, 5) is 3.93. The SMILES string of the molecule is Cc1noc(Nc2ccc(F)c(Cl)c2)n1. The van der Waals surface area contributed by atoms with Crippen molar-refractivity contribution in [2.75, 3.05) is 5.32 Å². The van der Waals surface area contributed by atoms with E-state index in [0.29, 0.717) is 11.5 Å². The topological polar surface area (TPSA) is 51.0 Å². The van der Waals surface area contributed by atoms with Crippen LogP contribution in [0.2, 0.25) is 5.02 Å². The monoisotopic (exact) mass is 227 g/mol. The number of hydrogen-bond acceptors (Lipinski definition) is 4. The van der Waals surface area contributed by atoms with Gasteiger partial charge in [-0.15, -0.1) is 0 Å². The second kappa shape index (κ2) is 3.86. The van der Waals surface area contributed by atoms with Crippen LogP contribution < -0.4 is 5.32 Å². The smallest absolute Gasteiger partial charge is 0.315 e. The normalized spacial score (nSPS) is 10.3. The first-order chi connectivity index (χ1) is 7.15. The molecular formula is C9H7ClFN3O. The first-order valence-corrected chi connectivity index (χ1v) is 4.55. The molecule has 0 bridgehead atoms. The quantitative estimate of drug-likeness (QED) is 0.857. The minimum absolute atomic E-state index is 0.0382. The van der Waals surface area contributed by atoms with Gasteiger partial charge in [0.1, 0.15) is 5.82 Å². The lowest BCUT2D eigenvalue weighted by Gasteiger charge is -2.01. The van der Waals surface area contributed by atoms with Gasteiger partial charge in [-0.05, 0) is 25.1 Å². The first-order valence-electron chi connectivity index (χ1n) is 4.17. The van der Waals surface area contributed by atoms with Crippen LogP contribution in [0.4, 0.5) is 16.1 Å². The lowest BCUT2D eigenvalue weighted by molar-refractivity contribution is 0.428. The Balaban J connectivity index is 2.21. The summed E-state index contributed by atoms with van der Waals surface area (Å²) in [5, 5.41) is 6.44. The predicted molar refractivity (Wildman–Crippen MR) is 53.7 cm³/mol. The number of nitrogens with one attached hydrogen (secondary N) is 1. The molecular weight excluding hydrogens is 221 g/mol. The number of rotatable bonds is 2. The number of anilines is 2. The fourth-order valence-corrected chi connectivity index (χ4v) is 1.23. The van der Waals surface area contributed by atoms with Crippen LogP contribution in [0.5, 0.6) is 0 Å². The standard InChI is InChI=1S/C9H7ClFN3O/c1-5-12-9(15-14-5)13-6-2-3-8(11)7(10)4-6/h2-4H,1H3,(H,12,13,14). The molecule has 0 spiro atoms. The van der Waals surface area contributed by atoms with Crippen molar-refractivity contribution in [3.05, 3.63) is 34.9 Å². The lowest BCUT2D eigenvalue weighted by atomic mass is 10.3. The molecule has 0 saturated carbocycles. The van der Waals surface area contributed by atoms with E-state index in [0.717, 1.165) is 0 Å². The Morgan fingerprint density at radius 3 is 2.87 bits per heavy atom. The lowest BCUT2D eigenvalue weighted by Crippen LogP contribution is -1.91. The van der Waals surface area contributed by atoms with Gasteiger partial charge >= 0.3 is 6.01 Å². The number of aromatic nitrogens is 2. The molecule has 2 rings (SSSR count). The van der Waals surface area contributed by atoms with Crippen molar-refractivity contribution in [2.24, 2.45) is 0 Å². The number of benzene rings is 1. The van der Waals surface area contributed by atoms with Gasteiger partial charge in [-0.25, -0.2) is 4.39 Å². The van der Waals surface area contributed by atoms with E-state index in [-0.39, 0.29) is 11.0 Å². The van der Waals surface area contributed by atoms with Crippen molar-refractivity contribution >= 4 is 23.3 Å². The van der Waals surface area contributed by atoms with E-state index in [1.807, 2.05) is 0 Å². The maximum Gasteiger partial charge on any atom is 0.325 e. The molecule has 0 radical (unpaired) electrons. The highest BCUT2D eigenvalue weighted by Crippen LogP contribution is 2.21. The Kier molecular flexibility index (Phi) is 2.55. The van der Waals surface area contributed by atoms with Crippen molar-refractivity contribution in [3.8, 4) is 0 Å². The minimum Gasteiger partial charge on any atom is -0.315 e. The molecule has 1 heterocycles. The third-order valence-corrected chi connectivity index (χ3v) is 1.99. The predicted octanol–water partition coefficient (Wildman–Crippen LogP) is 2.91. The molecule has 0 unspecified atom stereocenters. The zero-order valence-corrected chi connectivity index (χ0v) is 8.55.